The van der Waals surface area contributed by atoms with Gasteiger partial charge in [-0.3, -0.25) is 0 Å². The van der Waals surface area contributed by atoms with Crippen LogP contribution in [0.15, 0.2) is 60.7 Å². The molecule has 2 N–H and O–H groups in total. The molecule has 0 fully saturated rings. The van der Waals surface area contributed by atoms with Crippen LogP contribution in [0.2, 0.25) is 0 Å². The Morgan fingerprint density at radius 3 is 1.50 bits per heavy atom. The molecule has 2 atom stereocenters. The summed E-state index contributed by atoms with van der Waals surface area (Å²) in [4.78, 5) is 12.1. The summed E-state index contributed by atoms with van der Waals surface area (Å²) < 4.78 is 0. The van der Waals surface area contributed by atoms with Crippen LogP contribution < -0.4 is 10.6 Å². The number of rotatable bonds is 8. The van der Waals surface area contributed by atoms with Gasteiger partial charge >= 0.3 is 6.03 Å². The van der Waals surface area contributed by atoms with E-state index in [1.807, 2.05) is 12.1 Å². The van der Waals surface area contributed by atoms with Crippen molar-refractivity contribution in [2.24, 2.45) is 0 Å². The van der Waals surface area contributed by atoms with Crippen molar-refractivity contribution in [3.8, 4) is 0 Å². The minimum Gasteiger partial charge on any atom is -0.336 e. The number of nitrogens with one attached hydrogen (secondary N) is 2. The van der Waals surface area contributed by atoms with E-state index in [1.165, 1.54) is 11.1 Å². The molecule has 128 valence electrons. The third-order valence-corrected chi connectivity index (χ3v) is 4.17. The Morgan fingerprint density at radius 2 is 1.12 bits per heavy atom. The van der Waals surface area contributed by atoms with Gasteiger partial charge in [0.15, 0.2) is 0 Å². The molecule has 2 aromatic rings. The van der Waals surface area contributed by atoms with Crippen molar-refractivity contribution < 1.29 is 4.79 Å². The summed E-state index contributed by atoms with van der Waals surface area (Å²) in [6.07, 6.45) is 3.84. The van der Waals surface area contributed by atoms with Crippen LogP contribution in [-0.4, -0.2) is 18.1 Å². The highest BCUT2D eigenvalue weighted by Crippen LogP contribution is 2.06. The predicted molar refractivity (Wildman–Crippen MR) is 100 cm³/mol. The Morgan fingerprint density at radius 1 is 0.750 bits per heavy atom. The molecule has 0 heterocycles. The minimum atomic E-state index is -0.0730. The van der Waals surface area contributed by atoms with Crippen molar-refractivity contribution in [2.45, 2.75) is 51.6 Å². The Labute approximate surface area is 145 Å². The van der Waals surface area contributed by atoms with E-state index in [-0.39, 0.29) is 18.1 Å². The lowest BCUT2D eigenvalue weighted by atomic mass is 10.1. The molecule has 2 amide bonds. The zero-order valence-corrected chi connectivity index (χ0v) is 14.7. The molecule has 0 aliphatic carbocycles. The van der Waals surface area contributed by atoms with Crippen LogP contribution in [-0.2, 0) is 12.8 Å². The second-order valence-corrected chi connectivity index (χ2v) is 6.47. The molecule has 2 rings (SSSR count). The number of urea groups is 1. The second kappa shape index (κ2) is 9.76. The zero-order valence-electron chi connectivity index (χ0n) is 14.7. The van der Waals surface area contributed by atoms with Gasteiger partial charge in [-0.05, 0) is 50.7 Å². The molecule has 0 spiro atoms. The first-order valence-corrected chi connectivity index (χ1v) is 8.78. The van der Waals surface area contributed by atoms with Gasteiger partial charge in [0.2, 0.25) is 0 Å². The topological polar surface area (TPSA) is 41.1 Å². The van der Waals surface area contributed by atoms with Gasteiger partial charge in [-0.1, -0.05) is 60.7 Å². The van der Waals surface area contributed by atoms with E-state index in [4.69, 9.17) is 0 Å². The summed E-state index contributed by atoms with van der Waals surface area (Å²) in [5, 5.41) is 6.06. The summed E-state index contributed by atoms with van der Waals surface area (Å²) >= 11 is 0. The van der Waals surface area contributed by atoms with Gasteiger partial charge in [-0.2, -0.15) is 0 Å². The van der Waals surface area contributed by atoms with Crippen LogP contribution in [0.25, 0.3) is 0 Å². The van der Waals surface area contributed by atoms with E-state index < -0.39 is 0 Å². The Kier molecular flexibility index (Phi) is 7.34. The first-order chi connectivity index (χ1) is 11.6. The molecule has 0 saturated heterocycles. The number of carbonyl (C=O) groups is 1. The third-order valence-electron chi connectivity index (χ3n) is 4.17. The number of benzene rings is 2. The minimum absolute atomic E-state index is 0.0730. The van der Waals surface area contributed by atoms with Crippen molar-refractivity contribution in [3.05, 3.63) is 71.8 Å². The van der Waals surface area contributed by atoms with Crippen molar-refractivity contribution in [3.63, 3.8) is 0 Å². The van der Waals surface area contributed by atoms with E-state index in [9.17, 15) is 4.79 Å². The Bertz CT molecular complexity index is 544. The zero-order chi connectivity index (χ0) is 17.2. The normalized spacial score (nSPS) is 13.1. The number of hydrogen-bond donors (Lipinski definition) is 2. The molecule has 0 aromatic heterocycles. The maximum Gasteiger partial charge on any atom is 0.315 e. The van der Waals surface area contributed by atoms with Crippen molar-refractivity contribution in [1.82, 2.24) is 10.6 Å². The van der Waals surface area contributed by atoms with E-state index in [1.54, 1.807) is 0 Å². The molecule has 0 aliphatic rings. The summed E-state index contributed by atoms with van der Waals surface area (Å²) in [5.74, 6) is 0. The highest BCUT2D eigenvalue weighted by Gasteiger charge is 2.10. The molecule has 0 aliphatic heterocycles. The van der Waals surface area contributed by atoms with Crippen LogP contribution in [0.3, 0.4) is 0 Å². The molecule has 0 saturated carbocycles. The molecule has 2 aromatic carbocycles. The van der Waals surface area contributed by atoms with E-state index in [2.05, 4.69) is 73.0 Å². The first-order valence-electron chi connectivity index (χ1n) is 8.78. The quantitative estimate of drug-likeness (QED) is 0.745. The lowest BCUT2D eigenvalue weighted by molar-refractivity contribution is 0.233. The van der Waals surface area contributed by atoms with Gasteiger partial charge < -0.3 is 10.6 Å². The second-order valence-electron chi connectivity index (χ2n) is 6.47. The summed E-state index contributed by atoms with van der Waals surface area (Å²) in [6, 6.07) is 21.0. The smallest absolute Gasteiger partial charge is 0.315 e. The molecule has 24 heavy (non-hydrogen) atoms. The Hall–Kier alpha value is -2.29. The van der Waals surface area contributed by atoms with Gasteiger partial charge in [-0.25, -0.2) is 4.79 Å². The maximum atomic E-state index is 12.1. The number of hydrogen-bond acceptors (Lipinski definition) is 1. The molecular weight excluding hydrogens is 296 g/mol. The number of aryl methyl sites for hydroxylation is 2. The molecule has 0 bridgehead atoms. The lowest BCUT2D eigenvalue weighted by Gasteiger charge is -2.18. The fourth-order valence-electron chi connectivity index (χ4n) is 2.69. The predicted octanol–water partition coefficient (Wildman–Crippen LogP) is 4.33. The summed E-state index contributed by atoms with van der Waals surface area (Å²) in [7, 11) is 0. The average Bonchev–Trinajstić information content (AvgIpc) is 2.60. The van der Waals surface area contributed by atoms with Crippen molar-refractivity contribution in [1.29, 1.82) is 0 Å². The van der Waals surface area contributed by atoms with Crippen LogP contribution in [0.1, 0.15) is 37.8 Å². The van der Waals surface area contributed by atoms with Crippen molar-refractivity contribution in [2.75, 3.05) is 0 Å². The van der Waals surface area contributed by atoms with E-state index in [0.29, 0.717) is 0 Å². The van der Waals surface area contributed by atoms with E-state index in [0.717, 1.165) is 25.7 Å². The average molecular weight is 324 g/mol. The maximum absolute atomic E-state index is 12.1. The van der Waals surface area contributed by atoms with Gasteiger partial charge in [0.1, 0.15) is 0 Å². The van der Waals surface area contributed by atoms with Crippen LogP contribution in [0, 0.1) is 0 Å². The summed E-state index contributed by atoms with van der Waals surface area (Å²) in [5.41, 5.74) is 2.62. The highest BCUT2D eigenvalue weighted by molar-refractivity contribution is 5.74. The van der Waals surface area contributed by atoms with Gasteiger partial charge in [0.05, 0.1) is 0 Å². The molecule has 0 radical (unpaired) electrons. The number of carbonyl (C=O) groups excluding carboxylic acids is 1. The lowest BCUT2D eigenvalue weighted by Crippen LogP contribution is -2.44. The number of amides is 2. The fourth-order valence-corrected chi connectivity index (χ4v) is 2.69. The van der Waals surface area contributed by atoms with Crippen LogP contribution in [0.5, 0.6) is 0 Å². The van der Waals surface area contributed by atoms with Gasteiger partial charge in [0, 0.05) is 12.1 Å². The van der Waals surface area contributed by atoms with Gasteiger partial charge in [-0.15, -0.1) is 0 Å². The third kappa shape index (κ3) is 6.86. The molecule has 3 heteroatoms. The van der Waals surface area contributed by atoms with Crippen LogP contribution >= 0.6 is 0 Å². The monoisotopic (exact) mass is 324 g/mol. The van der Waals surface area contributed by atoms with Gasteiger partial charge in [0.25, 0.3) is 0 Å². The largest absolute Gasteiger partial charge is 0.336 e. The van der Waals surface area contributed by atoms with Crippen molar-refractivity contribution >= 4 is 6.03 Å². The molecule has 3 nitrogen and oxygen atoms in total. The molecule has 0 unspecified atom stereocenters. The SMILES string of the molecule is C[C@H](CCc1ccccc1)NC(=O)N[C@@H](C)CCc1ccccc1. The molecular formula is C21H28N2O. The standard InChI is InChI=1S/C21H28N2O/c1-17(13-15-19-9-5-3-6-10-19)22-21(24)23-18(2)14-16-20-11-7-4-8-12-20/h3-12,17-18H,13-16H2,1-2H3,(H2,22,23,24)/t17-,18+. The van der Waals surface area contributed by atoms with E-state index >= 15 is 0 Å². The first kappa shape index (κ1) is 18.1. The Balaban J connectivity index is 1.64. The highest BCUT2D eigenvalue weighted by atomic mass is 16.2. The summed E-state index contributed by atoms with van der Waals surface area (Å²) in [6.45, 7) is 4.11. The fraction of sp³-hybridized carbons (Fsp3) is 0.381. The van der Waals surface area contributed by atoms with Crippen LogP contribution in [0.4, 0.5) is 4.79 Å².